The van der Waals surface area contributed by atoms with Crippen LogP contribution in [0.5, 0.6) is 0 Å². The van der Waals surface area contributed by atoms with Crippen LogP contribution in [0, 0.1) is 6.92 Å². The standard InChI is InChI=1S/C18H29N3O2/c1-13-9-10-19-11-14(13)12-20-15-5-7-16(8-6-15)21-17(22)23-18(2,3)4/h9-11,15-16,20H,5-8,12H2,1-4H3,(H,21,22). The number of ether oxygens (including phenoxy) is 1. The van der Waals surface area contributed by atoms with Gasteiger partial charge < -0.3 is 15.4 Å². The minimum atomic E-state index is -0.440. The number of aryl methyl sites for hydroxylation is 1. The molecule has 1 aliphatic rings. The van der Waals surface area contributed by atoms with E-state index in [0.29, 0.717) is 6.04 Å². The first-order valence-electron chi connectivity index (χ1n) is 8.46. The van der Waals surface area contributed by atoms with Crippen molar-refractivity contribution in [2.45, 2.75) is 77.6 Å². The van der Waals surface area contributed by atoms with Crippen molar-refractivity contribution in [1.82, 2.24) is 15.6 Å². The lowest BCUT2D eigenvalue weighted by Crippen LogP contribution is -2.43. The molecule has 0 aromatic carbocycles. The Morgan fingerprint density at radius 3 is 2.52 bits per heavy atom. The van der Waals surface area contributed by atoms with Crippen molar-refractivity contribution in [3.8, 4) is 0 Å². The molecule has 5 heteroatoms. The Morgan fingerprint density at radius 1 is 1.26 bits per heavy atom. The fourth-order valence-corrected chi connectivity index (χ4v) is 2.85. The quantitative estimate of drug-likeness (QED) is 0.893. The fraction of sp³-hybridized carbons (Fsp3) is 0.667. The van der Waals surface area contributed by atoms with E-state index in [9.17, 15) is 4.79 Å². The van der Waals surface area contributed by atoms with Crippen molar-refractivity contribution in [1.29, 1.82) is 0 Å². The van der Waals surface area contributed by atoms with E-state index in [1.54, 1.807) is 0 Å². The smallest absolute Gasteiger partial charge is 0.407 e. The van der Waals surface area contributed by atoms with E-state index in [0.717, 1.165) is 32.2 Å². The molecule has 1 amide bonds. The number of rotatable bonds is 4. The predicted molar refractivity (Wildman–Crippen MR) is 91.2 cm³/mol. The summed E-state index contributed by atoms with van der Waals surface area (Å²) in [6.07, 6.45) is 7.57. The van der Waals surface area contributed by atoms with E-state index in [2.05, 4.69) is 22.5 Å². The van der Waals surface area contributed by atoms with Crippen molar-refractivity contribution >= 4 is 6.09 Å². The first kappa shape index (κ1) is 17.7. The minimum absolute atomic E-state index is 0.225. The third-order valence-corrected chi connectivity index (χ3v) is 4.18. The Balaban J connectivity index is 1.70. The maximum absolute atomic E-state index is 11.8. The number of carbonyl (C=O) groups is 1. The Labute approximate surface area is 139 Å². The predicted octanol–water partition coefficient (Wildman–Crippen LogP) is 3.32. The summed E-state index contributed by atoms with van der Waals surface area (Å²) in [6, 6.07) is 2.77. The number of nitrogens with zero attached hydrogens (tertiary/aromatic N) is 1. The van der Waals surface area contributed by atoms with Crippen molar-refractivity contribution in [2.75, 3.05) is 0 Å². The number of carbonyl (C=O) groups excluding carboxylic acids is 1. The molecule has 23 heavy (non-hydrogen) atoms. The van der Waals surface area contributed by atoms with Crippen LogP contribution in [-0.2, 0) is 11.3 Å². The highest BCUT2D eigenvalue weighted by atomic mass is 16.6. The molecule has 0 saturated heterocycles. The number of aromatic nitrogens is 1. The number of amides is 1. The number of hydrogen-bond donors (Lipinski definition) is 2. The van der Waals surface area contributed by atoms with E-state index in [4.69, 9.17) is 4.74 Å². The monoisotopic (exact) mass is 319 g/mol. The summed E-state index contributed by atoms with van der Waals surface area (Å²) >= 11 is 0. The molecule has 1 aromatic rings. The summed E-state index contributed by atoms with van der Waals surface area (Å²) < 4.78 is 5.31. The summed E-state index contributed by atoms with van der Waals surface area (Å²) in [5, 5.41) is 6.59. The van der Waals surface area contributed by atoms with Gasteiger partial charge in [0.05, 0.1) is 0 Å². The van der Waals surface area contributed by atoms with Gasteiger partial charge in [0.15, 0.2) is 0 Å². The fourth-order valence-electron chi connectivity index (χ4n) is 2.85. The van der Waals surface area contributed by atoms with Gasteiger partial charge in [-0.3, -0.25) is 4.98 Å². The molecule has 1 saturated carbocycles. The Bertz CT molecular complexity index is 517. The van der Waals surface area contributed by atoms with Crippen LogP contribution in [0.25, 0.3) is 0 Å². The Morgan fingerprint density at radius 2 is 1.91 bits per heavy atom. The van der Waals surface area contributed by atoms with E-state index in [-0.39, 0.29) is 12.1 Å². The zero-order chi connectivity index (χ0) is 16.9. The van der Waals surface area contributed by atoms with Crippen LogP contribution in [0.1, 0.15) is 57.6 Å². The molecule has 0 atom stereocenters. The van der Waals surface area contributed by atoms with Gasteiger partial charge in [0, 0.05) is 31.0 Å². The van der Waals surface area contributed by atoms with Gasteiger partial charge in [0.25, 0.3) is 0 Å². The highest BCUT2D eigenvalue weighted by Gasteiger charge is 2.24. The topological polar surface area (TPSA) is 63.2 Å². The molecule has 0 bridgehead atoms. The van der Waals surface area contributed by atoms with Gasteiger partial charge in [0.2, 0.25) is 0 Å². The molecule has 1 heterocycles. The second-order valence-corrected chi connectivity index (χ2v) is 7.38. The molecule has 5 nitrogen and oxygen atoms in total. The van der Waals surface area contributed by atoms with Crippen molar-refractivity contribution in [3.63, 3.8) is 0 Å². The van der Waals surface area contributed by atoms with E-state index >= 15 is 0 Å². The Hall–Kier alpha value is -1.62. The van der Waals surface area contributed by atoms with Crippen molar-refractivity contribution in [2.24, 2.45) is 0 Å². The third-order valence-electron chi connectivity index (χ3n) is 4.18. The molecule has 1 fully saturated rings. The second-order valence-electron chi connectivity index (χ2n) is 7.38. The van der Waals surface area contributed by atoms with Crippen LogP contribution < -0.4 is 10.6 Å². The average Bonchev–Trinajstić information content (AvgIpc) is 2.46. The van der Waals surface area contributed by atoms with Gasteiger partial charge in [-0.1, -0.05) is 0 Å². The molecule has 2 N–H and O–H groups in total. The number of pyridine rings is 1. The first-order valence-corrected chi connectivity index (χ1v) is 8.46. The summed E-state index contributed by atoms with van der Waals surface area (Å²) in [7, 11) is 0. The van der Waals surface area contributed by atoms with Gasteiger partial charge in [-0.15, -0.1) is 0 Å². The van der Waals surface area contributed by atoms with Crippen molar-refractivity contribution in [3.05, 3.63) is 29.6 Å². The van der Waals surface area contributed by atoms with Crippen LogP contribution in [-0.4, -0.2) is 28.8 Å². The van der Waals surface area contributed by atoms with E-state index < -0.39 is 5.60 Å². The molecule has 0 radical (unpaired) electrons. The van der Waals surface area contributed by atoms with Crippen LogP contribution in [0.3, 0.4) is 0 Å². The SMILES string of the molecule is Cc1ccncc1CNC1CCC(NC(=O)OC(C)(C)C)CC1. The molecule has 0 aliphatic heterocycles. The molecule has 0 unspecified atom stereocenters. The maximum Gasteiger partial charge on any atom is 0.407 e. The summed E-state index contributed by atoms with van der Waals surface area (Å²) in [5.41, 5.74) is 2.08. The summed E-state index contributed by atoms with van der Waals surface area (Å²) in [4.78, 5) is 16.0. The number of alkyl carbamates (subject to hydrolysis) is 1. The third kappa shape index (κ3) is 6.18. The van der Waals surface area contributed by atoms with Gasteiger partial charge in [-0.2, -0.15) is 0 Å². The average molecular weight is 319 g/mol. The van der Waals surface area contributed by atoms with E-state index in [1.165, 1.54) is 11.1 Å². The van der Waals surface area contributed by atoms with Crippen LogP contribution >= 0.6 is 0 Å². The summed E-state index contributed by atoms with van der Waals surface area (Å²) in [5.74, 6) is 0. The molecule has 1 aromatic heterocycles. The summed E-state index contributed by atoms with van der Waals surface area (Å²) in [6.45, 7) is 8.62. The lowest BCUT2D eigenvalue weighted by molar-refractivity contribution is 0.0489. The Kier molecular flexibility index (Phi) is 5.99. The van der Waals surface area contributed by atoms with Crippen LogP contribution in [0.4, 0.5) is 4.79 Å². The van der Waals surface area contributed by atoms with Crippen LogP contribution in [0.2, 0.25) is 0 Å². The molecule has 1 aliphatic carbocycles. The lowest BCUT2D eigenvalue weighted by atomic mass is 9.91. The molecule has 128 valence electrons. The second kappa shape index (κ2) is 7.77. The highest BCUT2D eigenvalue weighted by Crippen LogP contribution is 2.20. The zero-order valence-electron chi connectivity index (χ0n) is 14.7. The lowest BCUT2D eigenvalue weighted by Gasteiger charge is -2.30. The number of nitrogens with one attached hydrogen (secondary N) is 2. The first-order chi connectivity index (χ1) is 10.8. The largest absolute Gasteiger partial charge is 0.444 e. The van der Waals surface area contributed by atoms with E-state index in [1.807, 2.05) is 39.2 Å². The minimum Gasteiger partial charge on any atom is -0.444 e. The van der Waals surface area contributed by atoms with Gasteiger partial charge in [-0.25, -0.2) is 4.79 Å². The van der Waals surface area contributed by atoms with Crippen LogP contribution in [0.15, 0.2) is 18.5 Å². The highest BCUT2D eigenvalue weighted by molar-refractivity contribution is 5.68. The maximum atomic E-state index is 11.8. The van der Waals surface area contributed by atoms with Gasteiger partial charge in [-0.05, 0) is 70.6 Å². The molecular formula is C18H29N3O2. The normalized spacial score (nSPS) is 21.7. The zero-order valence-corrected chi connectivity index (χ0v) is 14.7. The number of hydrogen-bond acceptors (Lipinski definition) is 4. The molecule has 0 spiro atoms. The van der Waals surface area contributed by atoms with Gasteiger partial charge in [0.1, 0.15) is 5.60 Å². The van der Waals surface area contributed by atoms with Crippen molar-refractivity contribution < 1.29 is 9.53 Å². The molecular weight excluding hydrogens is 290 g/mol. The molecule has 2 rings (SSSR count). The van der Waals surface area contributed by atoms with Gasteiger partial charge >= 0.3 is 6.09 Å².